The zero-order valence-electron chi connectivity index (χ0n) is 11.3. The monoisotopic (exact) mass is 240 g/mol. The maximum Gasteiger partial charge on any atom is 0.0372 e. The van der Waals surface area contributed by atoms with Crippen LogP contribution in [0.25, 0.3) is 0 Å². The molecule has 2 aromatic rings. The number of rotatable bonds is 4. The van der Waals surface area contributed by atoms with Gasteiger partial charge in [0.25, 0.3) is 0 Å². The summed E-state index contributed by atoms with van der Waals surface area (Å²) in [5.74, 6) is 0. The van der Waals surface area contributed by atoms with Gasteiger partial charge in [-0.25, -0.2) is 0 Å². The normalized spacial score (nSPS) is 10.6. The fraction of sp³-hybridized carbons (Fsp3) is 0.312. The van der Waals surface area contributed by atoms with E-state index in [4.69, 9.17) is 0 Å². The summed E-state index contributed by atoms with van der Waals surface area (Å²) in [5.41, 5.74) is 6.28. The van der Waals surface area contributed by atoms with E-state index in [1.54, 1.807) is 0 Å². The molecule has 94 valence electrons. The van der Waals surface area contributed by atoms with Crippen molar-refractivity contribution in [2.24, 2.45) is 0 Å². The molecule has 0 radical (unpaired) electrons. The van der Waals surface area contributed by atoms with Gasteiger partial charge in [0.1, 0.15) is 0 Å². The maximum atomic E-state index is 4.29. The lowest BCUT2D eigenvalue weighted by atomic mass is 10.1. The number of hydrogen-bond donors (Lipinski definition) is 1. The Morgan fingerprint density at radius 3 is 2.17 bits per heavy atom. The van der Waals surface area contributed by atoms with Gasteiger partial charge in [-0.15, -0.1) is 0 Å². The van der Waals surface area contributed by atoms with Crippen LogP contribution in [0.15, 0.2) is 36.5 Å². The molecule has 1 heterocycles. The molecule has 0 saturated heterocycles. The van der Waals surface area contributed by atoms with Crippen LogP contribution in [0.4, 0.5) is 0 Å². The van der Waals surface area contributed by atoms with Crippen molar-refractivity contribution in [3.8, 4) is 0 Å². The van der Waals surface area contributed by atoms with Crippen molar-refractivity contribution in [2.75, 3.05) is 0 Å². The van der Waals surface area contributed by atoms with Crippen molar-refractivity contribution in [1.82, 2.24) is 10.3 Å². The van der Waals surface area contributed by atoms with Crippen LogP contribution in [0.5, 0.6) is 0 Å². The Balaban J connectivity index is 1.90. The smallest absolute Gasteiger partial charge is 0.0372 e. The molecule has 2 nitrogen and oxygen atoms in total. The molecule has 18 heavy (non-hydrogen) atoms. The molecule has 1 N–H and O–H groups in total. The number of pyridine rings is 1. The van der Waals surface area contributed by atoms with Gasteiger partial charge in [-0.1, -0.05) is 35.4 Å². The van der Waals surface area contributed by atoms with E-state index in [1.807, 2.05) is 19.2 Å². The van der Waals surface area contributed by atoms with Crippen molar-refractivity contribution < 1.29 is 0 Å². The fourth-order valence-corrected chi connectivity index (χ4v) is 2.13. The third-order valence-corrected chi connectivity index (χ3v) is 2.91. The molecule has 0 aliphatic heterocycles. The van der Waals surface area contributed by atoms with Crippen molar-refractivity contribution in [1.29, 1.82) is 0 Å². The van der Waals surface area contributed by atoms with Gasteiger partial charge in [0.2, 0.25) is 0 Å². The molecular formula is C16H20N2. The molecule has 2 heteroatoms. The standard InChI is InChI=1S/C16H20N2/c1-12-6-13(2)8-16(7-12)10-17-9-15-5-4-14(3)18-11-15/h4-8,11,17H,9-10H2,1-3H3. The molecule has 0 aliphatic rings. The van der Waals surface area contributed by atoms with E-state index >= 15 is 0 Å². The Hall–Kier alpha value is -1.67. The summed E-state index contributed by atoms with van der Waals surface area (Å²) < 4.78 is 0. The molecule has 0 aliphatic carbocycles. The lowest BCUT2D eigenvalue weighted by molar-refractivity contribution is 0.690. The van der Waals surface area contributed by atoms with Crippen molar-refractivity contribution in [2.45, 2.75) is 33.9 Å². The Morgan fingerprint density at radius 1 is 0.889 bits per heavy atom. The van der Waals surface area contributed by atoms with Crippen molar-refractivity contribution in [3.05, 3.63) is 64.5 Å². The first-order valence-electron chi connectivity index (χ1n) is 6.33. The predicted octanol–water partition coefficient (Wildman–Crippen LogP) is 3.30. The van der Waals surface area contributed by atoms with E-state index < -0.39 is 0 Å². The van der Waals surface area contributed by atoms with Gasteiger partial charge < -0.3 is 5.32 Å². The summed E-state index contributed by atoms with van der Waals surface area (Å²) in [6.45, 7) is 8.05. The highest BCUT2D eigenvalue weighted by atomic mass is 14.8. The Labute approximate surface area is 109 Å². The summed E-state index contributed by atoms with van der Waals surface area (Å²) in [5, 5.41) is 3.45. The zero-order chi connectivity index (χ0) is 13.0. The first kappa shape index (κ1) is 12.8. The quantitative estimate of drug-likeness (QED) is 0.887. The van der Waals surface area contributed by atoms with Crippen LogP contribution in [-0.2, 0) is 13.1 Å². The second-order valence-electron chi connectivity index (χ2n) is 4.91. The second kappa shape index (κ2) is 5.78. The third-order valence-electron chi connectivity index (χ3n) is 2.91. The summed E-state index contributed by atoms with van der Waals surface area (Å²) in [6.07, 6.45) is 1.93. The van der Waals surface area contributed by atoms with E-state index in [0.29, 0.717) is 0 Å². The number of benzene rings is 1. The minimum absolute atomic E-state index is 0.861. The third kappa shape index (κ3) is 3.67. The summed E-state index contributed by atoms with van der Waals surface area (Å²) in [7, 11) is 0. The largest absolute Gasteiger partial charge is 0.309 e. The van der Waals surface area contributed by atoms with Gasteiger partial charge in [0.05, 0.1) is 0 Å². The zero-order valence-corrected chi connectivity index (χ0v) is 11.3. The SMILES string of the molecule is Cc1cc(C)cc(CNCc2ccc(C)nc2)c1. The van der Waals surface area contributed by atoms with Gasteiger partial charge in [0, 0.05) is 25.0 Å². The fourth-order valence-electron chi connectivity index (χ4n) is 2.13. The highest BCUT2D eigenvalue weighted by Crippen LogP contribution is 2.09. The number of aryl methyl sites for hydroxylation is 3. The van der Waals surface area contributed by atoms with E-state index in [-0.39, 0.29) is 0 Å². The molecule has 0 atom stereocenters. The highest BCUT2D eigenvalue weighted by Gasteiger charge is 1.97. The summed E-state index contributed by atoms with van der Waals surface area (Å²) >= 11 is 0. The van der Waals surface area contributed by atoms with Crippen LogP contribution in [0.2, 0.25) is 0 Å². The first-order valence-corrected chi connectivity index (χ1v) is 6.33. The molecule has 0 amide bonds. The lowest BCUT2D eigenvalue weighted by Crippen LogP contribution is -2.13. The van der Waals surface area contributed by atoms with Gasteiger partial charge in [-0.05, 0) is 38.0 Å². The topological polar surface area (TPSA) is 24.9 Å². The average molecular weight is 240 g/mol. The van der Waals surface area contributed by atoms with Gasteiger partial charge in [0.15, 0.2) is 0 Å². The molecule has 2 rings (SSSR count). The van der Waals surface area contributed by atoms with Crippen LogP contribution >= 0.6 is 0 Å². The lowest BCUT2D eigenvalue weighted by Gasteiger charge is -2.07. The average Bonchev–Trinajstić information content (AvgIpc) is 2.30. The van der Waals surface area contributed by atoms with Crippen molar-refractivity contribution in [3.63, 3.8) is 0 Å². The highest BCUT2D eigenvalue weighted by molar-refractivity contribution is 5.28. The number of nitrogens with one attached hydrogen (secondary N) is 1. The molecule has 0 spiro atoms. The van der Waals surface area contributed by atoms with Crippen LogP contribution < -0.4 is 5.32 Å². The van der Waals surface area contributed by atoms with E-state index in [1.165, 1.54) is 22.3 Å². The first-order chi connectivity index (χ1) is 8.63. The van der Waals surface area contributed by atoms with Gasteiger partial charge in [-0.2, -0.15) is 0 Å². The molecule has 0 fully saturated rings. The van der Waals surface area contributed by atoms with E-state index in [2.05, 4.69) is 48.4 Å². The van der Waals surface area contributed by atoms with Crippen molar-refractivity contribution >= 4 is 0 Å². The van der Waals surface area contributed by atoms with Crippen LogP contribution in [0.1, 0.15) is 27.9 Å². The van der Waals surface area contributed by atoms with Crippen LogP contribution in [0, 0.1) is 20.8 Å². The molecule has 1 aromatic heterocycles. The van der Waals surface area contributed by atoms with Gasteiger partial charge in [-0.3, -0.25) is 4.98 Å². The van der Waals surface area contributed by atoms with E-state index in [0.717, 1.165) is 18.8 Å². The second-order valence-corrected chi connectivity index (χ2v) is 4.91. The van der Waals surface area contributed by atoms with Crippen LogP contribution in [0.3, 0.4) is 0 Å². The number of aromatic nitrogens is 1. The minimum atomic E-state index is 0.861. The van der Waals surface area contributed by atoms with Crippen LogP contribution in [-0.4, -0.2) is 4.98 Å². The summed E-state index contributed by atoms with van der Waals surface area (Å²) in [6, 6.07) is 10.8. The number of hydrogen-bond acceptors (Lipinski definition) is 2. The maximum absolute atomic E-state index is 4.29. The Bertz CT molecular complexity index is 495. The molecule has 0 bridgehead atoms. The summed E-state index contributed by atoms with van der Waals surface area (Å²) in [4.78, 5) is 4.29. The molecule has 0 saturated carbocycles. The molecule has 0 unspecified atom stereocenters. The van der Waals surface area contributed by atoms with E-state index in [9.17, 15) is 0 Å². The Morgan fingerprint density at radius 2 is 1.56 bits per heavy atom. The number of nitrogens with zero attached hydrogens (tertiary/aromatic N) is 1. The molecule has 1 aromatic carbocycles. The predicted molar refractivity (Wildman–Crippen MR) is 75.4 cm³/mol. The minimum Gasteiger partial charge on any atom is -0.309 e. The Kier molecular flexibility index (Phi) is 4.11. The molecular weight excluding hydrogens is 220 g/mol. The van der Waals surface area contributed by atoms with Gasteiger partial charge >= 0.3 is 0 Å².